The normalized spacial score (nSPS) is 12.2. The first-order valence-electron chi connectivity index (χ1n) is 5.74. The Morgan fingerprint density at radius 3 is 2.35 bits per heavy atom. The van der Waals surface area contributed by atoms with E-state index in [1.54, 1.807) is 0 Å². The van der Waals surface area contributed by atoms with Gasteiger partial charge in [0.2, 0.25) is 5.95 Å². The Hall–Kier alpha value is -1.65. The summed E-state index contributed by atoms with van der Waals surface area (Å²) in [6.45, 7) is 8.36. The van der Waals surface area contributed by atoms with Gasteiger partial charge in [0.15, 0.2) is 0 Å². The molecule has 0 amide bonds. The molecule has 0 radical (unpaired) electrons. The smallest absolute Gasteiger partial charge is 0.305 e. The maximum Gasteiger partial charge on any atom is 0.305 e. The van der Waals surface area contributed by atoms with Crippen LogP contribution in [0.5, 0.6) is 0 Å². The summed E-state index contributed by atoms with van der Waals surface area (Å²) in [5, 5.41) is 8.82. The first kappa shape index (κ1) is 13.4. The summed E-state index contributed by atoms with van der Waals surface area (Å²) in [5.74, 6) is -0.195. The van der Waals surface area contributed by atoms with Crippen molar-refractivity contribution >= 4 is 11.9 Å². The van der Waals surface area contributed by atoms with Gasteiger partial charge < -0.3 is 10.0 Å². The fraction of sp³-hybridized carbons (Fsp3) is 0.583. The van der Waals surface area contributed by atoms with E-state index in [0.717, 1.165) is 11.4 Å². The van der Waals surface area contributed by atoms with Crippen molar-refractivity contribution in [2.24, 2.45) is 0 Å². The lowest BCUT2D eigenvalue weighted by Gasteiger charge is -2.27. The molecule has 0 saturated heterocycles. The fourth-order valence-electron chi connectivity index (χ4n) is 1.85. The minimum absolute atomic E-state index is 0.0875. The van der Waals surface area contributed by atoms with Crippen LogP contribution in [0.2, 0.25) is 0 Å². The van der Waals surface area contributed by atoms with Crippen LogP contribution >= 0.6 is 0 Å². The lowest BCUT2D eigenvalue weighted by molar-refractivity contribution is -0.137. The number of carboxylic acids is 1. The van der Waals surface area contributed by atoms with Crippen molar-refractivity contribution in [2.75, 3.05) is 11.4 Å². The number of hydrogen-bond donors (Lipinski definition) is 1. The quantitative estimate of drug-likeness (QED) is 0.845. The first-order valence-corrected chi connectivity index (χ1v) is 5.74. The summed E-state index contributed by atoms with van der Waals surface area (Å²) in [4.78, 5) is 21.3. The van der Waals surface area contributed by atoms with Crippen LogP contribution in [0.25, 0.3) is 0 Å². The van der Waals surface area contributed by atoms with E-state index in [2.05, 4.69) is 9.97 Å². The molecule has 0 aliphatic heterocycles. The number of aliphatic carboxylic acids is 1. The van der Waals surface area contributed by atoms with Crippen LogP contribution in [-0.2, 0) is 4.79 Å². The van der Waals surface area contributed by atoms with Crippen molar-refractivity contribution in [3.05, 3.63) is 17.5 Å². The molecule has 1 aromatic rings. The molecular weight excluding hydrogens is 218 g/mol. The molecule has 1 unspecified atom stereocenters. The second-order valence-corrected chi connectivity index (χ2v) is 4.18. The molecule has 1 atom stereocenters. The van der Waals surface area contributed by atoms with Crippen LogP contribution in [0.1, 0.15) is 31.7 Å². The van der Waals surface area contributed by atoms with Gasteiger partial charge in [-0.05, 0) is 33.8 Å². The van der Waals surface area contributed by atoms with Crippen molar-refractivity contribution in [1.29, 1.82) is 0 Å². The van der Waals surface area contributed by atoms with E-state index in [1.807, 2.05) is 38.7 Å². The maximum atomic E-state index is 10.7. The van der Waals surface area contributed by atoms with Crippen LogP contribution in [-0.4, -0.2) is 33.6 Å². The largest absolute Gasteiger partial charge is 0.481 e. The molecule has 1 rings (SSSR count). The summed E-state index contributed by atoms with van der Waals surface area (Å²) in [7, 11) is 0. The van der Waals surface area contributed by atoms with E-state index in [1.165, 1.54) is 0 Å². The van der Waals surface area contributed by atoms with Gasteiger partial charge in [0, 0.05) is 24.0 Å². The van der Waals surface area contributed by atoms with Gasteiger partial charge in [-0.3, -0.25) is 4.79 Å². The molecule has 0 aromatic carbocycles. The first-order chi connectivity index (χ1) is 7.93. The van der Waals surface area contributed by atoms with Gasteiger partial charge in [-0.15, -0.1) is 0 Å². The van der Waals surface area contributed by atoms with Crippen LogP contribution in [0, 0.1) is 13.8 Å². The molecule has 5 heteroatoms. The Labute approximate surface area is 102 Å². The van der Waals surface area contributed by atoms with E-state index >= 15 is 0 Å². The van der Waals surface area contributed by atoms with E-state index < -0.39 is 5.97 Å². The molecular formula is C12H19N3O2. The number of rotatable bonds is 5. The molecule has 0 saturated carbocycles. The molecule has 0 aliphatic rings. The molecule has 0 fully saturated rings. The number of aryl methyl sites for hydroxylation is 2. The average molecular weight is 237 g/mol. The Kier molecular flexibility index (Phi) is 4.43. The summed E-state index contributed by atoms with van der Waals surface area (Å²) in [6.07, 6.45) is 0.0875. The SMILES string of the molecule is CCN(c1nc(C)cc(C)n1)C(C)CC(=O)O. The van der Waals surface area contributed by atoms with Crippen LogP contribution in [0.3, 0.4) is 0 Å². The number of hydrogen-bond acceptors (Lipinski definition) is 4. The maximum absolute atomic E-state index is 10.7. The summed E-state index contributed by atoms with van der Waals surface area (Å²) in [5.41, 5.74) is 1.79. The van der Waals surface area contributed by atoms with E-state index in [9.17, 15) is 4.79 Å². The third-order valence-corrected chi connectivity index (χ3v) is 2.57. The predicted molar refractivity (Wildman–Crippen MR) is 66.2 cm³/mol. The van der Waals surface area contributed by atoms with Gasteiger partial charge in [0.25, 0.3) is 0 Å². The van der Waals surface area contributed by atoms with Crippen molar-refractivity contribution < 1.29 is 9.90 Å². The summed E-state index contributed by atoms with van der Waals surface area (Å²) >= 11 is 0. The van der Waals surface area contributed by atoms with Crippen LogP contribution in [0.4, 0.5) is 5.95 Å². The molecule has 17 heavy (non-hydrogen) atoms. The predicted octanol–water partition coefficient (Wildman–Crippen LogP) is 1.78. The number of carbonyl (C=O) groups is 1. The van der Waals surface area contributed by atoms with Gasteiger partial charge in [-0.25, -0.2) is 9.97 Å². The van der Waals surface area contributed by atoms with E-state index in [-0.39, 0.29) is 12.5 Å². The fourth-order valence-corrected chi connectivity index (χ4v) is 1.85. The Balaban J connectivity index is 2.96. The van der Waals surface area contributed by atoms with Gasteiger partial charge >= 0.3 is 5.97 Å². The lowest BCUT2D eigenvalue weighted by atomic mass is 10.2. The molecule has 5 nitrogen and oxygen atoms in total. The molecule has 0 spiro atoms. The second-order valence-electron chi connectivity index (χ2n) is 4.18. The molecule has 1 N–H and O–H groups in total. The van der Waals surface area contributed by atoms with Crippen molar-refractivity contribution in [1.82, 2.24) is 9.97 Å². The Morgan fingerprint density at radius 1 is 1.41 bits per heavy atom. The zero-order valence-corrected chi connectivity index (χ0v) is 10.8. The highest BCUT2D eigenvalue weighted by Crippen LogP contribution is 2.14. The third kappa shape index (κ3) is 3.69. The van der Waals surface area contributed by atoms with E-state index in [0.29, 0.717) is 12.5 Å². The van der Waals surface area contributed by atoms with Crippen molar-refractivity contribution in [3.63, 3.8) is 0 Å². The Bertz CT molecular complexity index is 386. The van der Waals surface area contributed by atoms with Gasteiger partial charge in [-0.2, -0.15) is 0 Å². The van der Waals surface area contributed by atoms with Crippen LogP contribution in [0.15, 0.2) is 6.07 Å². The van der Waals surface area contributed by atoms with Crippen molar-refractivity contribution in [2.45, 2.75) is 40.2 Å². The molecule has 94 valence electrons. The van der Waals surface area contributed by atoms with Gasteiger partial charge in [0.05, 0.1) is 6.42 Å². The van der Waals surface area contributed by atoms with E-state index in [4.69, 9.17) is 5.11 Å². The second kappa shape index (κ2) is 5.61. The third-order valence-electron chi connectivity index (χ3n) is 2.57. The number of carboxylic acid groups (broad SMARTS) is 1. The number of nitrogens with zero attached hydrogens (tertiary/aromatic N) is 3. The van der Waals surface area contributed by atoms with Crippen molar-refractivity contribution in [3.8, 4) is 0 Å². The lowest BCUT2D eigenvalue weighted by Crippen LogP contribution is -2.36. The number of anilines is 1. The van der Waals surface area contributed by atoms with Gasteiger partial charge in [0.1, 0.15) is 0 Å². The average Bonchev–Trinajstić information content (AvgIpc) is 2.15. The molecule has 1 aromatic heterocycles. The van der Waals surface area contributed by atoms with Crippen LogP contribution < -0.4 is 4.90 Å². The zero-order chi connectivity index (χ0) is 13.0. The minimum atomic E-state index is -0.805. The highest BCUT2D eigenvalue weighted by molar-refractivity contribution is 5.68. The molecule has 0 aliphatic carbocycles. The highest BCUT2D eigenvalue weighted by atomic mass is 16.4. The minimum Gasteiger partial charge on any atom is -0.481 e. The highest BCUT2D eigenvalue weighted by Gasteiger charge is 2.18. The number of aromatic nitrogens is 2. The zero-order valence-electron chi connectivity index (χ0n) is 10.8. The Morgan fingerprint density at radius 2 is 1.94 bits per heavy atom. The molecule has 0 bridgehead atoms. The standard InChI is InChI=1S/C12H19N3O2/c1-5-15(10(4)7-11(16)17)12-13-8(2)6-9(3)14-12/h6,10H,5,7H2,1-4H3,(H,16,17). The van der Waals surface area contributed by atoms with Gasteiger partial charge in [-0.1, -0.05) is 0 Å². The monoisotopic (exact) mass is 237 g/mol. The summed E-state index contributed by atoms with van der Waals surface area (Å²) < 4.78 is 0. The summed E-state index contributed by atoms with van der Waals surface area (Å²) in [6, 6.07) is 1.79. The molecule has 1 heterocycles. The topological polar surface area (TPSA) is 66.3 Å².